The number of carbonyl (C=O) groups excluding carboxylic acids is 2. The predicted molar refractivity (Wildman–Crippen MR) is 76.0 cm³/mol. The summed E-state index contributed by atoms with van der Waals surface area (Å²) in [5.74, 6) is 0. The minimum atomic E-state index is -0.607. The molecule has 6 nitrogen and oxygen atoms in total. The molecule has 0 bridgehead atoms. The number of rotatable bonds is 3. The maximum atomic E-state index is 11.6. The first-order chi connectivity index (χ1) is 8.43. The molecule has 0 aliphatic rings. The van der Waals surface area contributed by atoms with Crippen LogP contribution < -0.4 is 10.6 Å². The van der Waals surface area contributed by atoms with E-state index in [9.17, 15) is 9.59 Å². The molecule has 0 heterocycles. The minimum absolute atomic E-state index is 0.584. The zero-order valence-corrected chi connectivity index (χ0v) is 13.4. The Morgan fingerprint density at radius 1 is 0.895 bits per heavy atom. The molecule has 0 aromatic rings. The first kappa shape index (κ1) is 17.9. The number of hydrogen-bond donors (Lipinski definition) is 2. The third-order valence-corrected chi connectivity index (χ3v) is 2.24. The van der Waals surface area contributed by atoms with Crippen LogP contribution in [0, 0.1) is 0 Å². The van der Waals surface area contributed by atoms with Gasteiger partial charge in [-0.3, -0.25) is 10.6 Å². The Bertz CT molecular complexity index is 291. The number of alkyl carbamates (subject to hydrolysis) is 2. The van der Waals surface area contributed by atoms with E-state index in [1.165, 1.54) is 11.8 Å². The Hall–Kier alpha value is -1.11. The van der Waals surface area contributed by atoms with Crippen molar-refractivity contribution >= 4 is 23.9 Å². The molecule has 0 spiro atoms. The van der Waals surface area contributed by atoms with Gasteiger partial charge in [0, 0.05) is 0 Å². The zero-order valence-electron chi connectivity index (χ0n) is 12.6. The lowest BCUT2D eigenvalue weighted by atomic mass is 10.2. The summed E-state index contributed by atoms with van der Waals surface area (Å²) in [5.41, 5.74) is -1.78. The molecular weight excluding hydrogens is 268 g/mol. The normalized spacial score (nSPS) is 12.0. The van der Waals surface area contributed by atoms with Crippen molar-refractivity contribution in [2.24, 2.45) is 0 Å². The molecule has 0 fully saturated rings. The molecule has 7 heteroatoms. The van der Waals surface area contributed by atoms with Crippen LogP contribution >= 0.6 is 11.8 Å². The molecule has 0 unspecified atom stereocenters. The molecule has 0 saturated carbocycles. The predicted octanol–water partition coefficient (Wildman–Crippen LogP) is 2.68. The number of thioether (sulfide) groups is 1. The second-order valence-electron chi connectivity index (χ2n) is 5.91. The number of ether oxygens (including phenoxy) is 2. The van der Waals surface area contributed by atoms with Crippen molar-refractivity contribution in [3.63, 3.8) is 0 Å². The third-order valence-electron chi connectivity index (χ3n) is 1.53. The lowest BCUT2D eigenvalue weighted by Crippen LogP contribution is -2.48. The smallest absolute Gasteiger partial charge is 0.409 e. The van der Waals surface area contributed by atoms with Gasteiger partial charge in [0.1, 0.15) is 11.2 Å². The van der Waals surface area contributed by atoms with Crippen LogP contribution in [0.25, 0.3) is 0 Å². The van der Waals surface area contributed by atoms with E-state index in [0.717, 1.165) is 0 Å². The van der Waals surface area contributed by atoms with Crippen molar-refractivity contribution in [2.45, 2.75) is 58.2 Å². The van der Waals surface area contributed by atoms with E-state index in [1.807, 2.05) is 0 Å². The van der Waals surface area contributed by atoms with Gasteiger partial charge in [0.25, 0.3) is 0 Å². The van der Waals surface area contributed by atoms with Gasteiger partial charge in [0.15, 0.2) is 5.50 Å². The van der Waals surface area contributed by atoms with Gasteiger partial charge in [0.2, 0.25) is 0 Å². The average molecular weight is 292 g/mol. The standard InChI is InChI=1S/C12H24N2O4S/c1-11(2,3)17-9(15)13-8(19-7)14-10(16)18-12(4,5)6/h8H,1-7H3,(H,13,15)(H,14,16). The van der Waals surface area contributed by atoms with E-state index in [2.05, 4.69) is 10.6 Å². The molecule has 0 aromatic heterocycles. The van der Waals surface area contributed by atoms with Gasteiger partial charge in [-0.15, -0.1) is 11.8 Å². The maximum absolute atomic E-state index is 11.6. The quantitative estimate of drug-likeness (QED) is 0.782. The second-order valence-corrected chi connectivity index (χ2v) is 6.85. The average Bonchev–Trinajstić information content (AvgIpc) is 2.10. The van der Waals surface area contributed by atoms with Crippen LogP contribution in [-0.2, 0) is 9.47 Å². The number of carbonyl (C=O) groups is 2. The Kier molecular flexibility index (Phi) is 6.48. The highest BCUT2D eigenvalue weighted by Gasteiger charge is 2.22. The fraction of sp³-hybridized carbons (Fsp3) is 0.833. The van der Waals surface area contributed by atoms with Gasteiger partial charge in [-0.05, 0) is 47.8 Å². The van der Waals surface area contributed by atoms with Gasteiger partial charge in [-0.25, -0.2) is 9.59 Å². The van der Waals surface area contributed by atoms with Crippen molar-refractivity contribution in [3.8, 4) is 0 Å². The van der Waals surface area contributed by atoms with E-state index in [1.54, 1.807) is 47.8 Å². The van der Waals surface area contributed by atoms with Crippen LogP contribution in [0.3, 0.4) is 0 Å². The van der Waals surface area contributed by atoms with Crippen LogP contribution in [0.1, 0.15) is 41.5 Å². The van der Waals surface area contributed by atoms with Crippen LogP contribution in [0.5, 0.6) is 0 Å². The van der Waals surface area contributed by atoms with E-state index in [-0.39, 0.29) is 0 Å². The van der Waals surface area contributed by atoms with E-state index < -0.39 is 28.9 Å². The van der Waals surface area contributed by atoms with Crippen LogP contribution in [0.15, 0.2) is 0 Å². The summed E-state index contributed by atoms with van der Waals surface area (Å²) >= 11 is 1.25. The monoisotopic (exact) mass is 292 g/mol. The summed E-state index contributed by atoms with van der Waals surface area (Å²) in [5, 5.41) is 5.06. The van der Waals surface area contributed by atoms with Crippen LogP contribution in [0.2, 0.25) is 0 Å². The highest BCUT2D eigenvalue weighted by molar-refractivity contribution is 7.99. The summed E-state index contributed by atoms with van der Waals surface area (Å²) in [6.07, 6.45) is 0.560. The number of hydrogen-bond acceptors (Lipinski definition) is 5. The molecule has 2 amide bonds. The number of nitrogens with one attached hydrogen (secondary N) is 2. The Morgan fingerprint density at radius 3 is 1.42 bits per heavy atom. The summed E-state index contributed by atoms with van der Waals surface area (Å²) in [4.78, 5) is 23.1. The van der Waals surface area contributed by atoms with Gasteiger partial charge < -0.3 is 9.47 Å². The fourth-order valence-corrected chi connectivity index (χ4v) is 1.41. The molecule has 0 rings (SSSR count). The summed E-state index contributed by atoms with van der Waals surface area (Å²) in [7, 11) is 0. The fourth-order valence-electron chi connectivity index (χ4n) is 0.983. The van der Waals surface area contributed by atoms with Crippen molar-refractivity contribution in [3.05, 3.63) is 0 Å². The second kappa shape index (κ2) is 6.88. The molecule has 0 aliphatic heterocycles. The van der Waals surface area contributed by atoms with Gasteiger partial charge in [-0.2, -0.15) is 0 Å². The molecule has 19 heavy (non-hydrogen) atoms. The Morgan fingerprint density at radius 2 is 1.21 bits per heavy atom. The molecule has 0 radical (unpaired) electrons. The molecule has 0 atom stereocenters. The van der Waals surface area contributed by atoms with Crippen molar-refractivity contribution in [2.75, 3.05) is 6.26 Å². The Balaban J connectivity index is 4.29. The lowest BCUT2D eigenvalue weighted by molar-refractivity contribution is 0.0463. The largest absolute Gasteiger partial charge is 0.444 e. The summed E-state index contributed by atoms with van der Waals surface area (Å²) in [6.45, 7) is 10.6. The van der Waals surface area contributed by atoms with Gasteiger partial charge in [-0.1, -0.05) is 0 Å². The highest BCUT2D eigenvalue weighted by Crippen LogP contribution is 2.10. The van der Waals surface area contributed by atoms with Crippen LogP contribution in [0.4, 0.5) is 9.59 Å². The van der Waals surface area contributed by atoms with Crippen molar-refractivity contribution in [1.82, 2.24) is 10.6 Å². The Labute approximate surface area is 119 Å². The van der Waals surface area contributed by atoms with Crippen LogP contribution in [-0.4, -0.2) is 35.1 Å². The SMILES string of the molecule is CSC(NC(=O)OC(C)(C)C)NC(=O)OC(C)(C)C. The molecular formula is C12H24N2O4S. The maximum Gasteiger partial charge on any atom is 0.409 e. The number of amides is 2. The third kappa shape index (κ3) is 10.5. The van der Waals surface area contributed by atoms with E-state index in [4.69, 9.17) is 9.47 Å². The molecule has 112 valence electrons. The minimum Gasteiger partial charge on any atom is -0.444 e. The first-order valence-electron chi connectivity index (χ1n) is 5.95. The van der Waals surface area contributed by atoms with Crippen molar-refractivity contribution < 1.29 is 19.1 Å². The van der Waals surface area contributed by atoms with E-state index in [0.29, 0.717) is 0 Å². The molecule has 0 aromatic carbocycles. The highest BCUT2D eigenvalue weighted by atomic mass is 32.2. The van der Waals surface area contributed by atoms with Crippen molar-refractivity contribution in [1.29, 1.82) is 0 Å². The molecule has 2 N–H and O–H groups in total. The summed E-state index contributed by atoms with van der Waals surface area (Å²) in [6, 6.07) is 0. The molecule has 0 saturated heterocycles. The van der Waals surface area contributed by atoms with Gasteiger partial charge in [0.05, 0.1) is 0 Å². The van der Waals surface area contributed by atoms with E-state index >= 15 is 0 Å². The topological polar surface area (TPSA) is 76.7 Å². The summed E-state index contributed by atoms with van der Waals surface area (Å²) < 4.78 is 10.2. The first-order valence-corrected chi connectivity index (χ1v) is 7.23. The molecule has 0 aliphatic carbocycles. The zero-order chi connectivity index (χ0) is 15.3. The van der Waals surface area contributed by atoms with Gasteiger partial charge >= 0.3 is 12.2 Å². The lowest BCUT2D eigenvalue weighted by Gasteiger charge is -2.25.